The molecule has 1 aromatic carbocycles. The lowest BCUT2D eigenvalue weighted by atomic mass is 10.1. The summed E-state index contributed by atoms with van der Waals surface area (Å²) in [6, 6.07) is 4.98. The second kappa shape index (κ2) is 5.37. The molecule has 2 aromatic rings. The SMILES string of the molecule is COc1ccc2nc(CCl)n(C3CCC(=O)NC3=O)c2c1. The molecular weight excluding hydrogens is 294 g/mol. The van der Waals surface area contributed by atoms with Crippen molar-refractivity contribution >= 4 is 34.4 Å². The van der Waals surface area contributed by atoms with Crippen LogP contribution in [-0.2, 0) is 15.5 Å². The van der Waals surface area contributed by atoms with Crippen LogP contribution in [0.3, 0.4) is 0 Å². The van der Waals surface area contributed by atoms with Gasteiger partial charge in [0.15, 0.2) is 0 Å². The van der Waals surface area contributed by atoms with Crippen LogP contribution < -0.4 is 10.1 Å². The topological polar surface area (TPSA) is 73.2 Å². The second-order valence-corrected chi connectivity index (χ2v) is 5.12. The number of imidazole rings is 1. The van der Waals surface area contributed by atoms with Crippen LogP contribution in [0.25, 0.3) is 11.0 Å². The van der Waals surface area contributed by atoms with Gasteiger partial charge in [-0.25, -0.2) is 4.98 Å². The number of rotatable bonds is 3. The summed E-state index contributed by atoms with van der Waals surface area (Å²) in [6.07, 6.45) is 0.749. The molecule has 0 saturated carbocycles. The maximum atomic E-state index is 12.1. The molecule has 1 N–H and O–H groups in total. The van der Waals surface area contributed by atoms with Gasteiger partial charge in [0.1, 0.15) is 17.6 Å². The van der Waals surface area contributed by atoms with E-state index in [1.807, 2.05) is 18.2 Å². The molecule has 1 aliphatic rings. The van der Waals surface area contributed by atoms with Gasteiger partial charge in [-0.05, 0) is 18.6 Å². The minimum absolute atomic E-state index is 0.189. The van der Waals surface area contributed by atoms with Crippen LogP contribution in [0.5, 0.6) is 5.75 Å². The number of ether oxygens (including phenoxy) is 1. The summed E-state index contributed by atoms with van der Waals surface area (Å²) < 4.78 is 7.02. The lowest BCUT2D eigenvalue weighted by Crippen LogP contribution is -2.42. The summed E-state index contributed by atoms with van der Waals surface area (Å²) in [7, 11) is 1.58. The van der Waals surface area contributed by atoms with Crippen LogP contribution >= 0.6 is 11.6 Å². The smallest absolute Gasteiger partial charge is 0.249 e. The lowest BCUT2D eigenvalue weighted by Gasteiger charge is -2.24. The van der Waals surface area contributed by atoms with E-state index in [1.54, 1.807) is 11.7 Å². The zero-order valence-electron chi connectivity index (χ0n) is 11.4. The van der Waals surface area contributed by atoms with E-state index >= 15 is 0 Å². The molecule has 1 saturated heterocycles. The summed E-state index contributed by atoms with van der Waals surface area (Å²) in [4.78, 5) is 27.9. The highest BCUT2D eigenvalue weighted by Crippen LogP contribution is 2.29. The number of carbonyl (C=O) groups is 2. The van der Waals surface area contributed by atoms with Crippen molar-refractivity contribution in [1.29, 1.82) is 0 Å². The molecular formula is C14H14ClN3O3. The number of fused-ring (bicyclic) bond motifs is 1. The third-order valence-corrected chi connectivity index (χ3v) is 3.85. The van der Waals surface area contributed by atoms with E-state index in [-0.39, 0.29) is 17.7 Å². The maximum Gasteiger partial charge on any atom is 0.249 e. The van der Waals surface area contributed by atoms with Gasteiger partial charge in [-0.3, -0.25) is 14.9 Å². The second-order valence-electron chi connectivity index (χ2n) is 4.85. The van der Waals surface area contributed by atoms with Crippen LogP contribution in [0.2, 0.25) is 0 Å². The number of imide groups is 1. The molecule has 0 bridgehead atoms. The summed E-state index contributed by atoms with van der Waals surface area (Å²) in [5.74, 6) is 0.909. The molecule has 6 nitrogen and oxygen atoms in total. The van der Waals surface area contributed by atoms with Crippen molar-refractivity contribution in [1.82, 2.24) is 14.9 Å². The Balaban J connectivity index is 2.15. The van der Waals surface area contributed by atoms with E-state index in [4.69, 9.17) is 16.3 Å². The van der Waals surface area contributed by atoms with Gasteiger partial charge in [0.2, 0.25) is 11.8 Å². The number of nitrogens with zero attached hydrogens (tertiary/aromatic N) is 2. The number of benzene rings is 1. The molecule has 1 atom stereocenters. The van der Waals surface area contributed by atoms with E-state index in [0.717, 1.165) is 11.0 Å². The number of methoxy groups -OCH3 is 1. The Morgan fingerprint density at radius 1 is 1.48 bits per heavy atom. The van der Waals surface area contributed by atoms with Gasteiger partial charge in [-0.1, -0.05) is 0 Å². The maximum absolute atomic E-state index is 12.1. The molecule has 0 radical (unpaired) electrons. The monoisotopic (exact) mass is 307 g/mol. The zero-order valence-corrected chi connectivity index (χ0v) is 12.2. The summed E-state index contributed by atoms with van der Waals surface area (Å²) in [5.41, 5.74) is 1.52. The normalized spacial score (nSPS) is 18.9. The first-order valence-corrected chi connectivity index (χ1v) is 7.12. The number of nitrogens with one attached hydrogen (secondary N) is 1. The summed E-state index contributed by atoms with van der Waals surface area (Å²) >= 11 is 5.96. The van der Waals surface area contributed by atoms with E-state index in [1.165, 1.54) is 0 Å². The number of amides is 2. The van der Waals surface area contributed by atoms with Crippen molar-refractivity contribution in [2.24, 2.45) is 0 Å². The highest BCUT2D eigenvalue weighted by Gasteiger charge is 2.30. The highest BCUT2D eigenvalue weighted by atomic mass is 35.5. The van der Waals surface area contributed by atoms with Crippen molar-refractivity contribution in [3.8, 4) is 5.75 Å². The van der Waals surface area contributed by atoms with Gasteiger partial charge in [0.25, 0.3) is 0 Å². The van der Waals surface area contributed by atoms with E-state index in [2.05, 4.69) is 10.3 Å². The van der Waals surface area contributed by atoms with Crippen molar-refractivity contribution < 1.29 is 14.3 Å². The third-order valence-electron chi connectivity index (χ3n) is 3.61. The molecule has 0 spiro atoms. The number of carbonyl (C=O) groups excluding carboxylic acids is 2. The summed E-state index contributed by atoms with van der Waals surface area (Å²) in [5, 5.41) is 2.36. The highest BCUT2D eigenvalue weighted by molar-refractivity contribution is 6.17. The number of halogens is 1. The Bertz CT molecular complexity index is 726. The molecule has 1 unspecified atom stereocenters. The first kappa shape index (κ1) is 13.9. The summed E-state index contributed by atoms with van der Waals surface area (Å²) in [6.45, 7) is 0. The molecule has 0 aliphatic carbocycles. The van der Waals surface area contributed by atoms with Crippen molar-refractivity contribution in [3.05, 3.63) is 24.0 Å². The minimum Gasteiger partial charge on any atom is -0.497 e. The van der Waals surface area contributed by atoms with Crippen molar-refractivity contribution in [3.63, 3.8) is 0 Å². The first-order chi connectivity index (χ1) is 10.1. The van der Waals surface area contributed by atoms with E-state index in [0.29, 0.717) is 24.4 Å². The fraction of sp³-hybridized carbons (Fsp3) is 0.357. The molecule has 7 heteroatoms. The van der Waals surface area contributed by atoms with E-state index < -0.39 is 6.04 Å². The largest absolute Gasteiger partial charge is 0.497 e. The Morgan fingerprint density at radius 2 is 2.29 bits per heavy atom. The predicted molar refractivity (Wildman–Crippen MR) is 77.3 cm³/mol. The predicted octanol–water partition coefficient (Wildman–Crippen LogP) is 1.76. The molecule has 110 valence electrons. The molecule has 1 aliphatic heterocycles. The molecule has 2 amide bonds. The van der Waals surface area contributed by atoms with Gasteiger partial charge in [-0.15, -0.1) is 11.6 Å². The van der Waals surface area contributed by atoms with Crippen molar-refractivity contribution in [2.45, 2.75) is 24.8 Å². The van der Waals surface area contributed by atoms with Crippen LogP contribution in [0.1, 0.15) is 24.7 Å². The molecule has 3 rings (SSSR count). The van der Waals surface area contributed by atoms with E-state index in [9.17, 15) is 9.59 Å². The van der Waals surface area contributed by atoms with Crippen LogP contribution in [0.15, 0.2) is 18.2 Å². The Labute approximate surface area is 126 Å². The fourth-order valence-corrected chi connectivity index (χ4v) is 2.81. The lowest BCUT2D eigenvalue weighted by molar-refractivity contribution is -0.135. The Morgan fingerprint density at radius 3 is 2.95 bits per heavy atom. The van der Waals surface area contributed by atoms with Crippen LogP contribution in [-0.4, -0.2) is 28.5 Å². The minimum atomic E-state index is -0.478. The van der Waals surface area contributed by atoms with Gasteiger partial charge < -0.3 is 9.30 Å². The van der Waals surface area contributed by atoms with Gasteiger partial charge in [-0.2, -0.15) is 0 Å². The number of alkyl halides is 1. The average molecular weight is 308 g/mol. The van der Waals surface area contributed by atoms with Crippen molar-refractivity contribution in [2.75, 3.05) is 7.11 Å². The third kappa shape index (κ3) is 2.35. The quantitative estimate of drug-likeness (QED) is 0.693. The number of piperidine rings is 1. The van der Waals surface area contributed by atoms with Gasteiger partial charge >= 0.3 is 0 Å². The Kier molecular flexibility index (Phi) is 3.55. The number of aromatic nitrogens is 2. The first-order valence-electron chi connectivity index (χ1n) is 6.58. The molecule has 1 fully saturated rings. The zero-order chi connectivity index (χ0) is 15.0. The number of hydrogen-bond acceptors (Lipinski definition) is 4. The average Bonchev–Trinajstić information content (AvgIpc) is 2.84. The fourth-order valence-electron chi connectivity index (χ4n) is 2.62. The van der Waals surface area contributed by atoms with Gasteiger partial charge in [0.05, 0.1) is 24.0 Å². The van der Waals surface area contributed by atoms with Gasteiger partial charge in [0, 0.05) is 12.5 Å². The molecule has 1 aromatic heterocycles. The molecule has 2 heterocycles. The Hall–Kier alpha value is -2.08. The number of hydrogen-bond donors (Lipinski definition) is 1. The van der Waals surface area contributed by atoms with Crippen LogP contribution in [0.4, 0.5) is 0 Å². The van der Waals surface area contributed by atoms with Crippen LogP contribution in [0, 0.1) is 0 Å². The standard InChI is InChI=1S/C14H14ClN3O3/c1-21-8-2-3-9-11(6-8)18(12(7-15)16-9)10-4-5-13(19)17-14(10)20/h2-3,6,10H,4-5,7H2,1H3,(H,17,19,20). The molecule has 21 heavy (non-hydrogen) atoms.